The molecule has 8 aromatic rings. The molecular weight excluding hydrogens is 614 g/mol. The van der Waals surface area contributed by atoms with Gasteiger partial charge in [0.2, 0.25) is 0 Å². The van der Waals surface area contributed by atoms with Crippen molar-refractivity contribution in [1.29, 1.82) is 0 Å². The van der Waals surface area contributed by atoms with Crippen LogP contribution in [-0.2, 0) is 0 Å². The van der Waals surface area contributed by atoms with Crippen LogP contribution in [0.2, 0.25) is 0 Å². The van der Waals surface area contributed by atoms with Crippen LogP contribution in [0.15, 0.2) is 170 Å². The molecule has 0 aromatic heterocycles. The lowest BCUT2D eigenvalue weighted by atomic mass is 9.93. The van der Waals surface area contributed by atoms with E-state index in [0.29, 0.717) is 0 Å². The second-order valence-electron chi connectivity index (χ2n) is 13.0. The molecule has 226 valence electrons. The predicted octanol–water partition coefficient (Wildman–Crippen LogP) is 9.07. The van der Waals surface area contributed by atoms with Crippen molar-refractivity contribution in [2.24, 2.45) is 0 Å². The van der Waals surface area contributed by atoms with Gasteiger partial charge in [0.1, 0.15) is 0 Å². The summed E-state index contributed by atoms with van der Waals surface area (Å²) in [6.45, 7) is -4.60. The van der Waals surface area contributed by atoms with Crippen LogP contribution in [0.4, 0.5) is 0 Å². The van der Waals surface area contributed by atoms with Gasteiger partial charge in [-0.25, -0.2) is 0 Å². The molecule has 0 spiro atoms. The van der Waals surface area contributed by atoms with E-state index in [4.69, 9.17) is 12.6 Å². The molecule has 0 nitrogen and oxygen atoms in total. The summed E-state index contributed by atoms with van der Waals surface area (Å²) < 4.78 is 0. The van der Waals surface area contributed by atoms with Gasteiger partial charge in [0.25, 0.3) is 0 Å². The highest BCUT2D eigenvalue weighted by Crippen LogP contribution is 2.57. The monoisotopic (exact) mass is 646 g/mol. The quantitative estimate of drug-likeness (QED) is 0.168. The summed E-state index contributed by atoms with van der Waals surface area (Å²) in [4.78, 5) is 0. The van der Waals surface area contributed by atoms with Gasteiger partial charge in [-0.15, -0.1) is 0 Å². The Labute approximate surface area is 281 Å². The molecule has 8 aromatic carbocycles. The normalized spacial score (nSPS) is 14.8. The topological polar surface area (TPSA) is 0 Å². The summed E-state index contributed by atoms with van der Waals surface area (Å²) in [5.41, 5.74) is 7.86. The van der Waals surface area contributed by atoms with E-state index >= 15 is 0 Å². The van der Waals surface area contributed by atoms with E-state index < -0.39 is 13.8 Å². The lowest BCUT2D eigenvalue weighted by Crippen LogP contribution is -2.27. The molecule has 0 fully saturated rings. The summed E-state index contributed by atoms with van der Waals surface area (Å²) >= 11 is 0. The standard InChI is InChI=1S/C46H32P2/c1-47(39-23-11-7-19-35(39)36-20-8-12-24-40(36)47)43-29-27-31-15-3-5-17-33(31)45(43)46-34-18-6-4-16-32(34)28-30-44(46)48(2)41-25-13-9-21-37(41)38-22-10-14-26-42(38)48/h3-30H,1-2H2. The molecule has 0 atom stereocenters. The second-order valence-corrected chi connectivity index (χ2v) is 19.2. The Hall–Kier alpha value is -5.12. The zero-order valence-electron chi connectivity index (χ0n) is 26.5. The van der Waals surface area contributed by atoms with E-state index in [1.165, 1.54) is 86.8 Å². The molecule has 10 rings (SSSR count). The smallest absolute Gasteiger partial charge is 0.000959 e. The Morgan fingerprint density at radius 2 is 0.562 bits per heavy atom. The Bertz CT molecular complexity index is 2460. The highest BCUT2D eigenvalue weighted by atomic mass is 31.2. The van der Waals surface area contributed by atoms with Crippen molar-refractivity contribution in [2.75, 3.05) is 0 Å². The van der Waals surface area contributed by atoms with Crippen molar-refractivity contribution in [3.05, 3.63) is 170 Å². The zero-order valence-corrected chi connectivity index (χ0v) is 28.3. The average Bonchev–Trinajstić information content (AvgIpc) is 3.57. The molecule has 0 radical (unpaired) electrons. The van der Waals surface area contributed by atoms with Crippen LogP contribution < -0.4 is 31.8 Å². The Morgan fingerprint density at radius 1 is 0.271 bits per heavy atom. The molecule has 2 aliphatic rings. The third kappa shape index (κ3) is 3.57. The van der Waals surface area contributed by atoms with Crippen molar-refractivity contribution in [3.63, 3.8) is 0 Å². The summed E-state index contributed by atoms with van der Waals surface area (Å²) in [5.74, 6) is 0. The largest absolute Gasteiger partial charge is 0.0886 e. The van der Waals surface area contributed by atoms with E-state index in [2.05, 4.69) is 170 Å². The van der Waals surface area contributed by atoms with Crippen molar-refractivity contribution in [3.8, 4) is 33.4 Å². The van der Waals surface area contributed by atoms with Crippen molar-refractivity contribution in [2.45, 2.75) is 0 Å². The van der Waals surface area contributed by atoms with E-state index in [9.17, 15) is 0 Å². The third-order valence-corrected chi connectivity index (χ3v) is 18.0. The lowest BCUT2D eigenvalue weighted by Gasteiger charge is -2.31. The van der Waals surface area contributed by atoms with E-state index in [0.717, 1.165) is 0 Å². The van der Waals surface area contributed by atoms with E-state index in [1.807, 2.05) is 0 Å². The molecule has 0 saturated heterocycles. The fourth-order valence-corrected chi connectivity index (χ4v) is 15.8. The Morgan fingerprint density at radius 3 is 0.917 bits per heavy atom. The highest BCUT2D eigenvalue weighted by Gasteiger charge is 2.39. The maximum atomic E-state index is 5.32. The van der Waals surface area contributed by atoms with Crippen LogP contribution in [0, 0.1) is 0 Å². The molecule has 0 bridgehead atoms. The van der Waals surface area contributed by atoms with Gasteiger partial charge in [0.05, 0.1) is 0 Å². The third-order valence-electron chi connectivity index (χ3n) is 10.7. The molecule has 0 N–H and O–H groups in total. The van der Waals surface area contributed by atoms with E-state index in [-0.39, 0.29) is 0 Å². The second kappa shape index (κ2) is 10.2. The van der Waals surface area contributed by atoms with Gasteiger partial charge in [0, 0.05) is 0 Å². The summed E-state index contributed by atoms with van der Waals surface area (Å²) in [5, 5.41) is 13.1. The number of hydrogen-bond donors (Lipinski definition) is 0. The maximum absolute atomic E-state index is 5.32. The minimum Gasteiger partial charge on any atom is -0.0886 e. The van der Waals surface area contributed by atoms with Crippen molar-refractivity contribution in [1.82, 2.24) is 0 Å². The summed E-state index contributed by atoms with van der Waals surface area (Å²) in [7, 11) is 0. The fraction of sp³-hybridized carbons (Fsp3) is 0. The van der Waals surface area contributed by atoms with Crippen LogP contribution in [0.3, 0.4) is 0 Å². The molecule has 0 amide bonds. The molecule has 0 aliphatic carbocycles. The predicted molar refractivity (Wildman–Crippen MR) is 217 cm³/mol. The first-order valence-electron chi connectivity index (χ1n) is 16.5. The maximum Gasteiger partial charge on any atom is -0.000959 e. The average molecular weight is 647 g/mol. The minimum absolute atomic E-state index is 1.24. The minimum atomic E-state index is -2.30. The van der Waals surface area contributed by atoms with Gasteiger partial charge in [-0.2, -0.15) is 0 Å². The van der Waals surface area contributed by atoms with E-state index in [1.54, 1.807) is 0 Å². The SMILES string of the molecule is C=P1(c2ccc3ccccc3c2-c2c(P3(=C)c4ccccc4-c4ccccc43)ccc3ccccc23)c2ccccc2-c2ccccc21. The number of fused-ring (bicyclic) bond motifs is 8. The first-order valence-corrected chi connectivity index (χ1v) is 20.5. The van der Waals surface area contributed by atoms with Crippen LogP contribution in [-0.4, -0.2) is 12.6 Å². The van der Waals surface area contributed by atoms with Gasteiger partial charge in [-0.05, 0) is 101 Å². The summed E-state index contributed by atoms with van der Waals surface area (Å²) in [6.07, 6.45) is 10.6. The van der Waals surface area contributed by atoms with Crippen LogP contribution >= 0.6 is 13.8 Å². The lowest BCUT2D eigenvalue weighted by molar-refractivity contribution is 1.71. The molecule has 48 heavy (non-hydrogen) atoms. The molecule has 2 heterocycles. The first kappa shape index (κ1) is 27.9. The zero-order chi connectivity index (χ0) is 32.0. The van der Waals surface area contributed by atoms with Gasteiger partial charge in [0.15, 0.2) is 0 Å². The van der Waals surface area contributed by atoms with Gasteiger partial charge >= 0.3 is 0 Å². The molecule has 2 aliphatic heterocycles. The molecule has 0 unspecified atom stereocenters. The number of hydrogen-bond acceptors (Lipinski definition) is 0. The van der Waals surface area contributed by atoms with Gasteiger partial charge < -0.3 is 0 Å². The molecule has 0 saturated carbocycles. The van der Waals surface area contributed by atoms with Crippen LogP contribution in [0.25, 0.3) is 54.9 Å². The number of benzene rings is 8. The first-order chi connectivity index (χ1) is 23.6. The van der Waals surface area contributed by atoms with Crippen molar-refractivity contribution < 1.29 is 0 Å². The molecule has 2 heteroatoms. The number of rotatable bonds is 3. The van der Waals surface area contributed by atoms with Crippen molar-refractivity contribution >= 4 is 79.7 Å². The van der Waals surface area contributed by atoms with Crippen LogP contribution in [0.5, 0.6) is 0 Å². The van der Waals surface area contributed by atoms with Crippen LogP contribution in [0.1, 0.15) is 0 Å². The Balaban J connectivity index is 1.41. The van der Waals surface area contributed by atoms with Gasteiger partial charge in [-0.1, -0.05) is 182 Å². The Kier molecular flexibility index (Phi) is 5.93. The highest BCUT2D eigenvalue weighted by molar-refractivity contribution is 7.95. The molecular formula is C46H32P2. The van der Waals surface area contributed by atoms with Gasteiger partial charge in [-0.3, -0.25) is 0 Å². The summed E-state index contributed by atoms with van der Waals surface area (Å²) in [6, 6.07) is 63.2. The fourth-order valence-electron chi connectivity index (χ4n) is 8.60.